The van der Waals surface area contributed by atoms with E-state index in [2.05, 4.69) is 15.3 Å². The van der Waals surface area contributed by atoms with Crippen molar-refractivity contribution in [3.63, 3.8) is 0 Å². The third kappa shape index (κ3) is 5.99. The van der Waals surface area contributed by atoms with Crippen molar-refractivity contribution < 1.29 is 24.5 Å². The molecule has 180 valence electrons. The maximum atomic E-state index is 12.4. The summed E-state index contributed by atoms with van der Waals surface area (Å²) in [6.45, 7) is 3.46. The number of nitrogens with one attached hydrogen (secondary N) is 1. The smallest absolute Gasteiger partial charge is 0.262 e. The molecule has 9 heteroatoms. The number of hydrogen-bond donors (Lipinski definition) is 3. The Morgan fingerprint density at radius 3 is 2.59 bits per heavy atom. The number of carbonyl (C=O) groups is 1. The van der Waals surface area contributed by atoms with E-state index in [1.54, 1.807) is 16.9 Å². The van der Waals surface area contributed by atoms with Crippen LogP contribution in [0.5, 0.6) is 23.0 Å². The summed E-state index contributed by atoms with van der Waals surface area (Å²) in [5.41, 5.74) is 2.31. The number of rotatable bonds is 9. The number of aromatic nitrogens is 2. The standard InChI is InChI=1S/C25H30N4O5/c1-28-21(9-10-26-28)20-15-18(5-8-24(20)33-14-13-29-11-3-2-4-12-29)27-25(32)17-34-19-6-7-22(30)23(31)16-19/h5-10,15-16,30-31H,2-4,11-14,17H2,1H3,(H,27,32). The molecule has 4 rings (SSSR count). The molecule has 0 radical (unpaired) electrons. The first-order valence-corrected chi connectivity index (χ1v) is 11.4. The lowest BCUT2D eigenvalue weighted by Crippen LogP contribution is -2.33. The van der Waals surface area contributed by atoms with Crippen molar-refractivity contribution in [2.75, 3.05) is 38.2 Å². The third-order valence-corrected chi connectivity index (χ3v) is 5.79. The number of carbonyl (C=O) groups excluding carboxylic acids is 1. The molecule has 2 aromatic carbocycles. The summed E-state index contributed by atoms with van der Waals surface area (Å²) in [5.74, 6) is 0.0857. The van der Waals surface area contributed by atoms with E-state index in [1.807, 2.05) is 25.2 Å². The highest BCUT2D eigenvalue weighted by Gasteiger charge is 2.15. The summed E-state index contributed by atoms with van der Waals surface area (Å²) in [6, 6.07) is 11.4. The molecule has 1 fully saturated rings. The molecule has 2 heterocycles. The molecule has 3 N–H and O–H groups in total. The highest BCUT2D eigenvalue weighted by Crippen LogP contribution is 2.33. The topological polar surface area (TPSA) is 109 Å². The van der Waals surface area contributed by atoms with Gasteiger partial charge in [-0.05, 0) is 62.3 Å². The summed E-state index contributed by atoms with van der Waals surface area (Å²) in [6.07, 6.45) is 5.51. The first-order valence-electron chi connectivity index (χ1n) is 11.4. The molecule has 0 aliphatic carbocycles. The first kappa shape index (κ1) is 23.4. The highest BCUT2D eigenvalue weighted by molar-refractivity contribution is 5.93. The molecular formula is C25H30N4O5. The van der Waals surface area contributed by atoms with Crippen molar-refractivity contribution >= 4 is 11.6 Å². The minimum Gasteiger partial charge on any atom is -0.504 e. The van der Waals surface area contributed by atoms with Crippen LogP contribution in [-0.2, 0) is 11.8 Å². The van der Waals surface area contributed by atoms with Crippen LogP contribution in [-0.4, -0.2) is 63.6 Å². The van der Waals surface area contributed by atoms with E-state index in [4.69, 9.17) is 9.47 Å². The van der Waals surface area contributed by atoms with Crippen molar-refractivity contribution in [1.82, 2.24) is 14.7 Å². The molecule has 0 spiro atoms. The van der Waals surface area contributed by atoms with E-state index in [0.29, 0.717) is 12.3 Å². The van der Waals surface area contributed by atoms with E-state index in [1.165, 1.54) is 37.5 Å². The van der Waals surface area contributed by atoms with Gasteiger partial charge in [0.2, 0.25) is 0 Å². The maximum absolute atomic E-state index is 12.4. The second kappa shape index (κ2) is 10.9. The monoisotopic (exact) mass is 466 g/mol. The Kier molecular flexibility index (Phi) is 7.54. The molecule has 1 saturated heterocycles. The van der Waals surface area contributed by atoms with Crippen LogP contribution in [0.2, 0.25) is 0 Å². The number of nitrogens with zero attached hydrogens (tertiary/aromatic N) is 3. The van der Waals surface area contributed by atoms with Gasteiger partial charge in [-0.15, -0.1) is 0 Å². The van der Waals surface area contributed by atoms with Gasteiger partial charge in [0.05, 0.1) is 5.69 Å². The van der Waals surface area contributed by atoms with Crippen LogP contribution in [0.3, 0.4) is 0 Å². The minimum absolute atomic E-state index is 0.251. The molecule has 0 atom stereocenters. The van der Waals surface area contributed by atoms with Crippen molar-refractivity contribution in [2.24, 2.45) is 7.05 Å². The van der Waals surface area contributed by atoms with Gasteiger partial charge in [-0.25, -0.2) is 0 Å². The van der Waals surface area contributed by atoms with Crippen molar-refractivity contribution in [3.05, 3.63) is 48.7 Å². The number of hydrogen-bond acceptors (Lipinski definition) is 7. The molecule has 0 saturated carbocycles. The Labute approximate surface area is 198 Å². The fraction of sp³-hybridized carbons (Fsp3) is 0.360. The van der Waals surface area contributed by atoms with E-state index in [-0.39, 0.29) is 29.8 Å². The van der Waals surface area contributed by atoms with Crippen LogP contribution in [0.25, 0.3) is 11.3 Å². The fourth-order valence-corrected chi connectivity index (χ4v) is 3.98. The summed E-state index contributed by atoms with van der Waals surface area (Å²) in [4.78, 5) is 14.9. The molecule has 1 aliphatic heterocycles. The van der Waals surface area contributed by atoms with Crippen molar-refractivity contribution in [2.45, 2.75) is 19.3 Å². The normalized spacial score (nSPS) is 14.0. The fourth-order valence-electron chi connectivity index (χ4n) is 3.98. The van der Waals surface area contributed by atoms with Gasteiger partial charge in [-0.1, -0.05) is 6.42 Å². The lowest BCUT2D eigenvalue weighted by molar-refractivity contribution is -0.118. The largest absolute Gasteiger partial charge is 0.504 e. The molecule has 1 amide bonds. The quantitative estimate of drug-likeness (QED) is 0.415. The van der Waals surface area contributed by atoms with E-state index < -0.39 is 0 Å². The first-order chi connectivity index (χ1) is 16.5. The number of ether oxygens (including phenoxy) is 2. The SMILES string of the molecule is Cn1nccc1-c1cc(NC(=O)COc2ccc(O)c(O)c2)ccc1OCCN1CCCCC1. The van der Waals surface area contributed by atoms with Gasteiger partial charge in [-0.2, -0.15) is 5.10 Å². The van der Waals surface area contributed by atoms with Crippen LogP contribution >= 0.6 is 0 Å². The van der Waals surface area contributed by atoms with Crippen molar-refractivity contribution in [3.8, 4) is 34.3 Å². The van der Waals surface area contributed by atoms with Crippen LogP contribution in [0.1, 0.15) is 19.3 Å². The van der Waals surface area contributed by atoms with Gasteiger partial charge >= 0.3 is 0 Å². The average Bonchev–Trinajstić information content (AvgIpc) is 3.27. The van der Waals surface area contributed by atoms with Crippen LogP contribution in [0, 0.1) is 0 Å². The number of aromatic hydroxyl groups is 2. The lowest BCUT2D eigenvalue weighted by atomic mass is 10.1. The highest BCUT2D eigenvalue weighted by atomic mass is 16.5. The molecule has 1 aromatic heterocycles. The molecule has 9 nitrogen and oxygen atoms in total. The van der Waals surface area contributed by atoms with E-state index in [0.717, 1.165) is 36.6 Å². The molecular weight excluding hydrogens is 436 g/mol. The third-order valence-electron chi connectivity index (χ3n) is 5.79. The van der Waals surface area contributed by atoms with Gasteiger partial charge in [0, 0.05) is 37.1 Å². The lowest BCUT2D eigenvalue weighted by Gasteiger charge is -2.26. The Bertz CT molecular complexity index is 1120. The number of phenolic OH excluding ortho intramolecular Hbond substituents is 2. The summed E-state index contributed by atoms with van der Waals surface area (Å²) < 4.78 is 13.3. The zero-order valence-electron chi connectivity index (χ0n) is 19.2. The van der Waals surface area contributed by atoms with Gasteiger partial charge < -0.3 is 25.0 Å². The summed E-state index contributed by atoms with van der Waals surface area (Å²) in [7, 11) is 1.86. The number of amides is 1. The number of piperidine rings is 1. The summed E-state index contributed by atoms with van der Waals surface area (Å²) >= 11 is 0. The molecule has 0 bridgehead atoms. The van der Waals surface area contributed by atoms with Gasteiger partial charge in [0.25, 0.3) is 5.91 Å². The molecule has 1 aliphatic rings. The Balaban J connectivity index is 1.41. The van der Waals surface area contributed by atoms with Gasteiger partial charge in [-0.3, -0.25) is 14.4 Å². The average molecular weight is 467 g/mol. The van der Waals surface area contributed by atoms with E-state index >= 15 is 0 Å². The number of likely N-dealkylation sites (tertiary alicyclic amines) is 1. The second-order valence-corrected chi connectivity index (χ2v) is 8.29. The zero-order valence-corrected chi connectivity index (χ0v) is 19.2. The molecule has 0 unspecified atom stereocenters. The minimum atomic E-state index is -0.359. The van der Waals surface area contributed by atoms with Crippen LogP contribution in [0.15, 0.2) is 48.7 Å². The number of benzene rings is 2. The summed E-state index contributed by atoms with van der Waals surface area (Å²) in [5, 5.41) is 26.0. The number of aryl methyl sites for hydroxylation is 1. The van der Waals surface area contributed by atoms with Crippen LogP contribution in [0.4, 0.5) is 5.69 Å². The van der Waals surface area contributed by atoms with Crippen LogP contribution < -0.4 is 14.8 Å². The Morgan fingerprint density at radius 1 is 1.03 bits per heavy atom. The number of anilines is 1. The number of phenols is 2. The molecule has 3 aromatic rings. The predicted octanol–water partition coefficient (Wildman–Crippen LogP) is 3.38. The second-order valence-electron chi connectivity index (χ2n) is 8.29. The van der Waals surface area contributed by atoms with E-state index in [9.17, 15) is 15.0 Å². The zero-order chi connectivity index (χ0) is 23.9. The Morgan fingerprint density at radius 2 is 1.85 bits per heavy atom. The predicted molar refractivity (Wildman–Crippen MR) is 128 cm³/mol. The molecule has 34 heavy (non-hydrogen) atoms. The van der Waals surface area contributed by atoms with Gasteiger partial charge in [0.15, 0.2) is 18.1 Å². The van der Waals surface area contributed by atoms with Crippen molar-refractivity contribution in [1.29, 1.82) is 0 Å². The Hall–Kier alpha value is -3.72. The van der Waals surface area contributed by atoms with Gasteiger partial charge in [0.1, 0.15) is 18.1 Å². The maximum Gasteiger partial charge on any atom is 0.262 e.